The van der Waals surface area contributed by atoms with Gasteiger partial charge in [-0.1, -0.05) is 348 Å². The molecule has 12 aromatic carbocycles. The maximum Gasteiger partial charge on any atom is 0.0725 e. The summed E-state index contributed by atoms with van der Waals surface area (Å²) in [6.07, 6.45) is 1.31. The van der Waals surface area contributed by atoms with Crippen molar-refractivity contribution >= 4 is 10.8 Å². The summed E-state index contributed by atoms with van der Waals surface area (Å²) in [5, 5.41) is 2.64. The molecule has 0 unspecified atom stereocenters. The molecule has 0 saturated heterocycles. The average molecular weight is 1090 g/mol. The summed E-state index contributed by atoms with van der Waals surface area (Å²) in [7, 11) is 0. The molecule has 0 atom stereocenters. The highest BCUT2D eigenvalue weighted by Crippen LogP contribution is 2.62. The lowest BCUT2D eigenvalue weighted by Gasteiger charge is -2.30. The summed E-state index contributed by atoms with van der Waals surface area (Å²) in [4.78, 5) is 0. The molecule has 0 nitrogen and oxygen atoms in total. The van der Waals surface area contributed by atoms with E-state index in [2.05, 4.69) is 342 Å². The Balaban J connectivity index is 0.000000119. The van der Waals surface area contributed by atoms with E-state index in [0.717, 1.165) is 5.92 Å². The first-order valence-electron chi connectivity index (χ1n) is 30.1. The SMILES string of the molecule is CCC(C)C.Cc1ccc2c(c1)C(C)(C)c1ccccc1-2.Cc1ccc2c(c1)C1(c3ccccc3-c3ccccc31)c1ccccc1-2.Cc1ccc2ccccc2c1.Cc1cccc(-c2ccccc2)c1.Cc1ccccc1-c1ccccc1. The van der Waals surface area contributed by atoms with Gasteiger partial charge in [0.25, 0.3) is 0 Å². The van der Waals surface area contributed by atoms with Crippen LogP contribution in [0.1, 0.15) is 102 Å². The number of fused-ring (bicyclic) bond motifs is 14. The fourth-order valence-corrected chi connectivity index (χ4v) is 12.3. The fraction of sp³-hybridized carbons (Fsp3) is 0.167. The molecule has 0 fully saturated rings. The van der Waals surface area contributed by atoms with Gasteiger partial charge in [-0.3, -0.25) is 0 Å². The Hall–Kier alpha value is -9.10. The number of hydrogen-bond acceptors (Lipinski definition) is 0. The van der Waals surface area contributed by atoms with E-state index in [0.29, 0.717) is 0 Å². The van der Waals surface area contributed by atoms with Gasteiger partial charge in [0.05, 0.1) is 5.41 Å². The Labute approximate surface area is 502 Å². The van der Waals surface area contributed by atoms with Crippen LogP contribution in [0.4, 0.5) is 0 Å². The first kappa shape index (κ1) is 58.1. The molecule has 3 aliphatic carbocycles. The van der Waals surface area contributed by atoms with Gasteiger partial charge in [-0.15, -0.1) is 0 Å². The predicted octanol–water partition coefficient (Wildman–Crippen LogP) is 23.2. The highest BCUT2D eigenvalue weighted by atomic mass is 14.5. The minimum Gasteiger partial charge on any atom is -0.0651 e. The standard InChI is InChI=1S/C26H18.C16H16.2C13H12.C11H10.C5H12/c1-17-14-15-21-20-10-4-7-13-24(20)26(25(21)16-17)22-11-5-2-8-18(22)19-9-3-6-12-23(19)26;1-11-8-9-13-12-6-4-5-7-14(12)16(2,3)15(13)10-11;1-11-7-5-6-10-13(11)12-8-3-2-4-9-12;1-11-6-5-9-13(10-11)12-7-3-2-4-8-12;1-9-6-7-10-4-2-3-5-11(10)8-9;1-4-5(2)3/h2-16H,1H3;4-10H,1-3H3;2*2-10H,1H3;2-8H,1H3;5H,4H2,1-3H3. The van der Waals surface area contributed by atoms with Crippen LogP contribution in [-0.2, 0) is 10.8 Å². The first-order valence-corrected chi connectivity index (χ1v) is 30.1. The lowest BCUT2D eigenvalue weighted by molar-refractivity contribution is 0.626. The molecule has 416 valence electrons. The highest BCUT2D eigenvalue weighted by molar-refractivity contribution is 5.95. The van der Waals surface area contributed by atoms with Crippen molar-refractivity contribution in [2.24, 2.45) is 5.92 Å². The van der Waals surface area contributed by atoms with E-state index in [9.17, 15) is 0 Å². The molecule has 15 rings (SSSR count). The Morgan fingerprint density at radius 1 is 0.274 bits per heavy atom. The zero-order valence-corrected chi connectivity index (χ0v) is 50.9. The molecule has 0 amide bonds. The summed E-state index contributed by atoms with van der Waals surface area (Å²) in [5.74, 6) is 0.884. The van der Waals surface area contributed by atoms with Crippen LogP contribution in [-0.4, -0.2) is 0 Å². The monoisotopic (exact) mass is 1090 g/mol. The van der Waals surface area contributed by atoms with E-state index >= 15 is 0 Å². The van der Waals surface area contributed by atoms with Crippen LogP contribution >= 0.6 is 0 Å². The van der Waals surface area contributed by atoms with E-state index in [-0.39, 0.29) is 10.8 Å². The van der Waals surface area contributed by atoms with Gasteiger partial charge in [-0.05, 0) is 146 Å². The van der Waals surface area contributed by atoms with Crippen molar-refractivity contribution < 1.29 is 0 Å². The summed E-state index contributed by atoms with van der Waals surface area (Å²) in [5.41, 5.74) is 28.7. The van der Waals surface area contributed by atoms with Crippen LogP contribution in [0.15, 0.2) is 285 Å². The van der Waals surface area contributed by atoms with Crippen LogP contribution in [0.5, 0.6) is 0 Å². The van der Waals surface area contributed by atoms with Crippen LogP contribution < -0.4 is 0 Å². The molecule has 0 radical (unpaired) electrons. The van der Waals surface area contributed by atoms with E-state index in [1.54, 1.807) is 0 Å². The normalized spacial score (nSPS) is 12.5. The highest BCUT2D eigenvalue weighted by Gasteiger charge is 2.51. The van der Waals surface area contributed by atoms with E-state index in [4.69, 9.17) is 0 Å². The zero-order chi connectivity index (χ0) is 58.8. The van der Waals surface area contributed by atoms with Gasteiger partial charge in [0.2, 0.25) is 0 Å². The minimum absolute atomic E-state index is 0.151. The van der Waals surface area contributed by atoms with Gasteiger partial charge in [0, 0.05) is 5.41 Å². The molecule has 1 spiro atoms. The van der Waals surface area contributed by atoms with Crippen molar-refractivity contribution in [1.29, 1.82) is 0 Å². The fourth-order valence-electron chi connectivity index (χ4n) is 12.3. The largest absolute Gasteiger partial charge is 0.0725 e. The van der Waals surface area contributed by atoms with Gasteiger partial charge < -0.3 is 0 Å². The lowest BCUT2D eigenvalue weighted by atomic mass is 9.70. The second kappa shape index (κ2) is 26.0. The van der Waals surface area contributed by atoms with Crippen LogP contribution in [0.2, 0.25) is 0 Å². The van der Waals surface area contributed by atoms with Crippen LogP contribution in [0, 0.1) is 40.5 Å². The minimum atomic E-state index is -0.189. The lowest BCUT2D eigenvalue weighted by Crippen LogP contribution is -2.25. The molecular weight excluding hydrogens is 1010 g/mol. The smallest absolute Gasteiger partial charge is 0.0651 e. The van der Waals surface area contributed by atoms with Crippen LogP contribution in [0.25, 0.3) is 66.4 Å². The van der Waals surface area contributed by atoms with Crippen molar-refractivity contribution in [1.82, 2.24) is 0 Å². The number of hydrogen-bond donors (Lipinski definition) is 0. The molecule has 0 aliphatic heterocycles. The average Bonchev–Trinajstić information content (AvgIpc) is 2.37. The maximum absolute atomic E-state index is 2.40. The van der Waals surface area contributed by atoms with Gasteiger partial charge in [0.15, 0.2) is 0 Å². The van der Waals surface area contributed by atoms with Gasteiger partial charge in [-0.2, -0.15) is 0 Å². The number of aryl methyl sites for hydroxylation is 5. The molecule has 0 bridgehead atoms. The van der Waals surface area contributed by atoms with Crippen molar-refractivity contribution in [3.63, 3.8) is 0 Å². The quantitative estimate of drug-likeness (QED) is 0.165. The number of rotatable bonds is 3. The van der Waals surface area contributed by atoms with Crippen molar-refractivity contribution in [2.45, 2.75) is 86.5 Å². The Bertz CT molecular complexity index is 4110. The summed E-state index contributed by atoms with van der Waals surface area (Å²) in [6.45, 7) is 22.0. The third-order valence-electron chi connectivity index (χ3n) is 17.0. The van der Waals surface area contributed by atoms with E-state index in [1.165, 1.54) is 134 Å². The Morgan fingerprint density at radius 2 is 0.643 bits per heavy atom. The molecular formula is C84H80. The van der Waals surface area contributed by atoms with Gasteiger partial charge >= 0.3 is 0 Å². The van der Waals surface area contributed by atoms with Crippen molar-refractivity contribution in [3.8, 4) is 55.6 Å². The molecule has 12 aromatic rings. The molecule has 0 heterocycles. The molecule has 0 aromatic heterocycles. The maximum atomic E-state index is 2.40. The Morgan fingerprint density at radius 3 is 1.17 bits per heavy atom. The molecule has 0 saturated carbocycles. The molecule has 0 N–H and O–H groups in total. The molecule has 3 aliphatic rings. The van der Waals surface area contributed by atoms with Crippen molar-refractivity contribution in [2.75, 3.05) is 0 Å². The summed E-state index contributed by atoms with van der Waals surface area (Å²) >= 11 is 0. The third kappa shape index (κ3) is 12.2. The van der Waals surface area contributed by atoms with Gasteiger partial charge in [0.1, 0.15) is 0 Å². The van der Waals surface area contributed by atoms with Crippen LogP contribution in [0.3, 0.4) is 0 Å². The van der Waals surface area contributed by atoms with Crippen molar-refractivity contribution in [3.05, 3.63) is 346 Å². The molecule has 0 heteroatoms. The summed E-state index contributed by atoms with van der Waals surface area (Å²) in [6, 6.07) is 102. The zero-order valence-electron chi connectivity index (χ0n) is 50.9. The second-order valence-corrected chi connectivity index (χ2v) is 23.7. The molecule has 84 heavy (non-hydrogen) atoms. The first-order chi connectivity index (χ1) is 40.8. The summed E-state index contributed by atoms with van der Waals surface area (Å²) < 4.78 is 0. The van der Waals surface area contributed by atoms with Gasteiger partial charge in [-0.25, -0.2) is 0 Å². The predicted molar refractivity (Wildman–Crippen MR) is 363 cm³/mol. The Kier molecular flexibility index (Phi) is 18.0. The third-order valence-corrected chi connectivity index (χ3v) is 17.0. The number of benzene rings is 12. The topological polar surface area (TPSA) is 0 Å². The van der Waals surface area contributed by atoms with E-state index < -0.39 is 0 Å². The van der Waals surface area contributed by atoms with E-state index in [1.807, 2.05) is 12.1 Å². The second-order valence-electron chi connectivity index (χ2n) is 23.7.